The Morgan fingerprint density at radius 3 is 2.62 bits per heavy atom. The quantitative estimate of drug-likeness (QED) is 0.728. The summed E-state index contributed by atoms with van der Waals surface area (Å²) < 4.78 is 26.7. The van der Waals surface area contributed by atoms with Gasteiger partial charge in [0.05, 0.1) is 6.20 Å². The molecule has 0 radical (unpaired) electrons. The Morgan fingerprint density at radius 1 is 1.33 bits per heavy atom. The van der Waals surface area contributed by atoms with Gasteiger partial charge in [-0.25, -0.2) is 13.1 Å². The summed E-state index contributed by atoms with van der Waals surface area (Å²) in [6, 6.07) is 8.14. The second-order valence-electron chi connectivity index (χ2n) is 4.35. The highest BCUT2D eigenvalue weighted by Crippen LogP contribution is 2.16. The topological polar surface area (TPSA) is 95.1 Å². The summed E-state index contributed by atoms with van der Waals surface area (Å²) in [6.45, 7) is 1.56. The van der Waals surface area contributed by atoms with Gasteiger partial charge in [0.25, 0.3) is 10.0 Å². The lowest BCUT2D eigenvalue weighted by Crippen LogP contribution is -2.27. The average molecular weight is 305 g/mol. The van der Waals surface area contributed by atoms with Crippen LogP contribution in [-0.4, -0.2) is 30.3 Å². The number of aromatic nitrogens is 2. The van der Waals surface area contributed by atoms with Crippen molar-refractivity contribution in [3.05, 3.63) is 47.7 Å². The average Bonchev–Trinajstić information content (AvgIpc) is 3.00. The van der Waals surface area contributed by atoms with Crippen LogP contribution in [0.2, 0.25) is 0 Å². The molecule has 0 aliphatic heterocycles. The first-order chi connectivity index (χ1) is 10.0. The van der Waals surface area contributed by atoms with Crippen LogP contribution in [0, 0.1) is 11.8 Å². The number of H-pyrrole nitrogens is 1. The lowest BCUT2D eigenvalue weighted by molar-refractivity contribution is 0.350. The Bertz CT molecular complexity index is 741. The van der Waals surface area contributed by atoms with E-state index in [-0.39, 0.29) is 11.6 Å². The Hall–Kier alpha value is -2.14. The van der Waals surface area contributed by atoms with Crippen molar-refractivity contribution in [1.82, 2.24) is 14.9 Å². The Labute approximate surface area is 123 Å². The third kappa shape index (κ3) is 3.92. The van der Waals surface area contributed by atoms with Crippen molar-refractivity contribution in [2.24, 2.45) is 0 Å². The summed E-state index contributed by atoms with van der Waals surface area (Å²) in [5.41, 5.74) is 1.57. The van der Waals surface area contributed by atoms with Gasteiger partial charge in [0.15, 0.2) is 5.03 Å². The number of aliphatic hydroxyl groups is 1. The number of aliphatic hydroxyl groups excluding tert-OH is 1. The Morgan fingerprint density at radius 2 is 2.05 bits per heavy atom. The van der Waals surface area contributed by atoms with Gasteiger partial charge in [-0.15, -0.1) is 0 Å². The maximum Gasteiger partial charge on any atom is 0.258 e. The van der Waals surface area contributed by atoms with Crippen LogP contribution in [-0.2, 0) is 10.0 Å². The third-order valence-electron chi connectivity index (χ3n) is 2.82. The van der Waals surface area contributed by atoms with E-state index in [0.717, 1.165) is 11.1 Å². The lowest BCUT2D eigenvalue weighted by Gasteiger charge is -2.13. The number of nitrogens with one attached hydrogen (secondary N) is 2. The van der Waals surface area contributed by atoms with Crippen molar-refractivity contribution in [3.63, 3.8) is 0 Å². The smallest absolute Gasteiger partial charge is 0.258 e. The molecule has 21 heavy (non-hydrogen) atoms. The first-order valence-corrected chi connectivity index (χ1v) is 7.72. The zero-order valence-electron chi connectivity index (χ0n) is 11.4. The molecular formula is C14H15N3O3S. The lowest BCUT2D eigenvalue weighted by atomic mass is 10.1. The predicted octanol–water partition coefficient (Wildman–Crippen LogP) is 0.793. The third-order valence-corrected chi connectivity index (χ3v) is 4.29. The molecule has 6 nitrogen and oxygen atoms in total. The van der Waals surface area contributed by atoms with Gasteiger partial charge in [0, 0.05) is 11.6 Å². The fourth-order valence-corrected chi connectivity index (χ4v) is 2.90. The zero-order chi connectivity index (χ0) is 15.3. The molecule has 2 rings (SSSR count). The summed E-state index contributed by atoms with van der Waals surface area (Å²) in [4.78, 5) is 0. The molecule has 3 N–H and O–H groups in total. The molecule has 1 atom stereocenters. The molecule has 0 saturated carbocycles. The highest BCUT2D eigenvalue weighted by atomic mass is 32.2. The molecule has 0 aliphatic rings. The molecule has 1 unspecified atom stereocenters. The summed E-state index contributed by atoms with van der Waals surface area (Å²) in [5.74, 6) is 5.33. The van der Waals surface area contributed by atoms with E-state index in [1.165, 1.54) is 12.3 Å². The van der Waals surface area contributed by atoms with Crippen LogP contribution in [0.25, 0.3) is 0 Å². The molecule has 0 aliphatic carbocycles. The normalized spacial score (nSPS) is 12.5. The maximum atomic E-state index is 12.1. The number of benzene rings is 1. The SMILES string of the molecule is CC(NS(=O)(=O)c1ccn[nH]1)c1ccc(C#CCO)cc1. The number of nitrogens with zero attached hydrogens (tertiary/aromatic N) is 1. The van der Waals surface area contributed by atoms with E-state index >= 15 is 0 Å². The van der Waals surface area contributed by atoms with Crippen molar-refractivity contribution in [3.8, 4) is 11.8 Å². The number of aromatic amines is 1. The van der Waals surface area contributed by atoms with Crippen molar-refractivity contribution in [1.29, 1.82) is 0 Å². The Kier molecular flexibility index (Phi) is 4.75. The van der Waals surface area contributed by atoms with E-state index in [2.05, 4.69) is 26.8 Å². The molecule has 1 heterocycles. The summed E-state index contributed by atoms with van der Waals surface area (Å²) >= 11 is 0. The van der Waals surface area contributed by atoms with Gasteiger partial charge in [0.1, 0.15) is 6.61 Å². The number of sulfonamides is 1. The van der Waals surface area contributed by atoms with Gasteiger partial charge in [-0.2, -0.15) is 5.10 Å². The van der Waals surface area contributed by atoms with Gasteiger partial charge >= 0.3 is 0 Å². The van der Waals surface area contributed by atoms with Gasteiger partial charge in [-0.3, -0.25) is 5.10 Å². The van der Waals surface area contributed by atoms with Gasteiger partial charge < -0.3 is 5.11 Å². The molecule has 0 fully saturated rings. The van der Waals surface area contributed by atoms with Crippen LogP contribution < -0.4 is 4.72 Å². The molecule has 1 aromatic carbocycles. The molecule has 0 amide bonds. The van der Waals surface area contributed by atoms with Crippen LogP contribution >= 0.6 is 0 Å². The van der Waals surface area contributed by atoms with Crippen LogP contribution in [0.15, 0.2) is 41.6 Å². The maximum absolute atomic E-state index is 12.1. The molecule has 7 heteroatoms. The van der Waals surface area contributed by atoms with E-state index in [1.54, 1.807) is 31.2 Å². The fourth-order valence-electron chi connectivity index (χ4n) is 1.75. The predicted molar refractivity (Wildman–Crippen MR) is 77.7 cm³/mol. The van der Waals surface area contributed by atoms with E-state index in [0.29, 0.717) is 0 Å². The van der Waals surface area contributed by atoms with E-state index in [4.69, 9.17) is 5.11 Å². The number of hydrogen-bond donors (Lipinski definition) is 3. The minimum absolute atomic E-state index is 0.0276. The molecule has 2 aromatic rings. The summed E-state index contributed by atoms with van der Waals surface area (Å²) in [6.07, 6.45) is 1.38. The van der Waals surface area contributed by atoms with Crippen LogP contribution in [0.5, 0.6) is 0 Å². The second-order valence-corrected chi connectivity index (χ2v) is 6.03. The van der Waals surface area contributed by atoms with Crippen LogP contribution in [0.1, 0.15) is 24.1 Å². The number of rotatable bonds is 4. The van der Waals surface area contributed by atoms with Gasteiger partial charge in [-0.05, 0) is 30.7 Å². The zero-order valence-corrected chi connectivity index (χ0v) is 12.2. The monoisotopic (exact) mass is 305 g/mol. The second kappa shape index (κ2) is 6.54. The van der Waals surface area contributed by atoms with Crippen molar-refractivity contribution >= 4 is 10.0 Å². The van der Waals surface area contributed by atoms with Crippen molar-refractivity contribution in [2.45, 2.75) is 18.0 Å². The highest BCUT2D eigenvalue weighted by Gasteiger charge is 2.19. The number of hydrogen-bond acceptors (Lipinski definition) is 4. The molecular weight excluding hydrogens is 290 g/mol. The molecule has 0 saturated heterocycles. The minimum atomic E-state index is -3.62. The van der Waals surface area contributed by atoms with Gasteiger partial charge in [-0.1, -0.05) is 24.0 Å². The largest absolute Gasteiger partial charge is 0.384 e. The van der Waals surface area contributed by atoms with E-state index in [9.17, 15) is 8.42 Å². The van der Waals surface area contributed by atoms with E-state index < -0.39 is 16.1 Å². The van der Waals surface area contributed by atoms with Crippen molar-refractivity contribution < 1.29 is 13.5 Å². The molecule has 110 valence electrons. The Balaban J connectivity index is 2.12. The standard InChI is InChI=1S/C14H15N3O3S/c1-11(17-21(19,20)14-8-9-15-16-14)13-6-4-12(5-7-13)3-2-10-18/h4-9,11,17-18H,10H2,1H3,(H,15,16). The highest BCUT2D eigenvalue weighted by molar-refractivity contribution is 7.89. The summed E-state index contributed by atoms with van der Waals surface area (Å²) in [5, 5.41) is 14.7. The summed E-state index contributed by atoms with van der Waals surface area (Å²) in [7, 11) is -3.62. The van der Waals surface area contributed by atoms with Gasteiger partial charge in [0.2, 0.25) is 0 Å². The molecule has 0 spiro atoms. The molecule has 1 aromatic heterocycles. The first-order valence-electron chi connectivity index (χ1n) is 6.24. The van der Waals surface area contributed by atoms with Crippen LogP contribution in [0.3, 0.4) is 0 Å². The van der Waals surface area contributed by atoms with E-state index in [1.807, 2.05) is 0 Å². The minimum Gasteiger partial charge on any atom is -0.384 e. The molecule has 0 bridgehead atoms. The first kappa shape index (κ1) is 15.3. The fraction of sp³-hybridized carbons (Fsp3) is 0.214. The van der Waals surface area contributed by atoms with Crippen LogP contribution in [0.4, 0.5) is 0 Å². The van der Waals surface area contributed by atoms with Crippen molar-refractivity contribution in [2.75, 3.05) is 6.61 Å².